The van der Waals surface area contributed by atoms with Crippen LogP contribution in [0.1, 0.15) is 0 Å². The molecule has 2 aromatic heterocycles. The van der Waals surface area contributed by atoms with Gasteiger partial charge in [-0.05, 0) is 36.5 Å². The molecule has 106 valence electrons. The lowest BCUT2D eigenvalue weighted by molar-refractivity contribution is 1.01. The highest BCUT2D eigenvalue weighted by molar-refractivity contribution is 7.71. The van der Waals surface area contributed by atoms with Crippen molar-refractivity contribution < 1.29 is 0 Å². The first-order valence-corrected chi connectivity index (χ1v) is 6.94. The van der Waals surface area contributed by atoms with Gasteiger partial charge in [0.2, 0.25) is 0 Å². The maximum absolute atomic E-state index is 5.41. The van der Waals surface area contributed by atoms with Crippen LogP contribution in [0.3, 0.4) is 0 Å². The van der Waals surface area contributed by atoms with Gasteiger partial charge in [0.15, 0.2) is 10.6 Å². The van der Waals surface area contributed by atoms with Gasteiger partial charge >= 0.3 is 0 Å². The molecule has 0 amide bonds. The van der Waals surface area contributed by atoms with Crippen molar-refractivity contribution in [1.29, 1.82) is 0 Å². The number of aromatic nitrogens is 4. The summed E-state index contributed by atoms with van der Waals surface area (Å²) < 4.78 is 2.51. The number of nitrogens with zero attached hydrogens (tertiary/aromatic N) is 4. The molecule has 0 aliphatic rings. The molecule has 0 saturated heterocycles. The smallest absolute Gasteiger partial charge is 0.200 e. The number of rotatable bonds is 3. The van der Waals surface area contributed by atoms with Crippen LogP contribution in [0.15, 0.2) is 48.8 Å². The van der Waals surface area contributed by atoms with Crippen LogP contribution in [-0.4, -0.2) is 33.8 Å². The van der Waals surface area contributed by atoms with Crippen molar-refractivity contribution >= 4 is 17.9 Å². The second-order valence-electron chi connectivity index (χ2n) is 4.81. The number of benzene rings is 1. The van der Waals surface area contributed by atoms with Gasteiger partial charge in [-0.1, -0.05) is 12.1 Å². The van der Waals surface area contributed by atoms with Crippen LogP contribution in [0, 0.1) is 4.77 Å². The van der Waals surface area contributed by atoms with Crippen molar-refractivity contribution in [3.8, 4) is 17.1 Å². The van der Waals surface area contributed by atoms with Gasteiger partial charge in [0, 0.05) is 32.1 Å². The highest BCUT2D eigenvalue weighted by Gasteiger charge is 2.14. The molecule has 0 radical (unpaired) electrons. The van der Waals surface area contributed by atoms with Gasteiger partial charge in [0.25, 0.3) is 0 Å². The first kappa shape index (κ1) is 13.5. The standard InChI is InChI=1S/C15H15N5S/c1-19(2)12-5-3-4-6-13(12)20-14(17-18-15(20)21)11-7-9-16-10-8-11/h3-10H,1-2H3,(H,18,21). The van der Waals surface area contributed by atoms with Crippen molar-refractivity contribution in [3.63, 3.8) is 0 Å². The average Bonchev–Trinajstić information content (AvgIpc) is 2.89. The number of hydrogen-bond donors (Lipinski definition) is 1. The molecule has 0 spiro atoms. The average molecular weight is 297 g/mol. The molecule has 0 atom stereocenters. The van der Waals surface area contributed by atoms with E-state index in [1.54, 1.807) is 12.4 Å². The number of anilines is 1. The topological polar surface area (TPSA) is 49.7 Å². The maximum Gasteiger partial charge on any atom is 0.200 e. The van der Waals surface area contributed by atoms with Crippen LogP contribution in [0.5, 0.6) is 0 Å². The van der Waals surface area contributed by atoms with E-state index in [0.717, 1.165) is 22.8 Å². The normalized spacial score (nSPS) is 10.6. The number of nitrogens with one attached hydrogen (secondary N) is 1. The van der Waals surface area contributed by atoms with E-state index in [9.17, 15) is 0 Å². The molecule has 0 aliphatic carbocycles. The van der Waals surface area contributed by atoms with Crippen molar-refractivity contribution in [1.82, 2.24) is 19.7 Å². The van der Waals surface area contributed by atoms with Crippen LogP contribution >= 0.6 is 12.2 Å². The number of pyridine rings is 1. The molecule has 6 heteroatoms. The molecule has 0 fully saturated rings. The Bertz CT molecular complexity index is 804. The summed E-state index contributed by atoms with van der Waals surface area (Å²) in [7, 11) is 4.02. The molecule has 0 unspecified atom stereocenters. The van der Waals surface area contributed by atoms with E-state index >= 15 is 0 Å². The molecule has 3 aromatic rings. The largest absolute Gasteiger partial charge is 0.376 e. The van der Waals surface area contributed by atoms with E-state index in [1.165, 1.54) is 0 Å². The van der Waals surface area contributed by atoms with Crippen molar-refractivity contribution in [2.45, 2.75) is 0 Å². The van der Waals surface area contributed by atoms with E-state index in [0.29, 0.717) is 4.77 Å². The lowest BCUT2D eigenvalue weighted by atomic mass is 10.2. The number of H-pyrrole nitrogens is 1. The van der Waals surface area contributed by atoms with Gasteiger partial charge in [0.05, 0.1) is 11.4 Å². The molecule has 0 bridgehead atoms. The van der Waals surface area contributed by atoms with E-state index in [2.05, 4.69) is 26.1 Å². The van der Waals surface area contributed by atoms with Crippen molar-refractivity contribution in [2.75, 3.05) is 19.0 Å². The maximum atomic E-state index is 5.41. The molecule has 5 nitrogen and oxygen atoms in total. The molecular formula is C15H15N5S. The Labute approximate surface area is 127 Å². The van der Waals surface area contributed by atoms with Crippen molar-refractivity contribution in [2.24, 2.45) is 0 Å². The zero-order chi connectivity index (χ0) is 14.8. The molecule has 3 rings (SSSR count). The predicted octanol–water partition coefficient (Wildman–Crippen LogP) is 3.06. The Morgan fingerprint density at radius 1 is 1.10 bits per heavy atom. The summed E-state index contributed by atoms with van der Waals surface area (Å²) >= 11 is 5.41. The fraction of sp³-hybridized carbons (Fsp3) is 0.133. The van der Waals surface area contributed by atoms with E-state index < -0.39 is 0 Å². The lowest BCUT2D eigenvalue weighted by Crippen LogP contribution is -2.12. The highest BCUT2D eigenvalue weighted by Crippen LogP contribution is 2.27. The third-order valence-electron chi connectivity index (χ3n) is 3.22. The summed E-state index contributed by atoms with van der Waals surface area (Å²) in [6, 6.07) is 11.9. The molecule has 2 heterocycles. The highest BCUT2D eigenvalue weighted by atomic mass is 32.1. The zero-order valence-corrected chi connectivity index (χ0v) is 12.6. The quantitative estimate of drug-likeness (QED) is 0.755. The second kappa shape index (κ2) is 5.49. The summed E-state index contributed by atoms with van der Waals surface area (Å²) in [5.74, 6) is 0.775. The number of para-hydroxylation sites is 2. The summed E-state index contributed by atoms with van der Waals surface area (Å²) in [6.07, 6.45) is 3.49. The van der Waals surface area contributed by atoms with Gasteiger partial charge in [-0.15, -0.1) is 0 Å². The van der Waals surface area contributed by atoms with Gasteiger partial charge in [0.1, 0.15) is 0 Å². The minimum absolute atomic E-state index is 0.566. The zero-order valence-electron chi connectivity index (χ0n) is 11.8. The van der Waals surface area contributed by atoms with Crippen LogP contribution in [0.25, 0.3) is 17.1 Å². The Morgan fingerprint density at radius 3 is 2.52 bits per heavy atom. The lowest BCUT2D eigenvalue weighted by Gasteiger charge is -2.18. The molecule has 1 aromatic carbocycles. The summed E-state index contributed by atoms with van der Waals surface area (Å²) in [5, 5.41) is 7.24. The van der Waals surface area contributed by atoms with Crippen LogP contribution in [0.4, 0.5) is 5.69 Å². The molecule has 21 heavy (non-hydrogen) atoms. The Morgan fingerprint density at radius 2 is 1.81 bits per heavy atom. The van der Waals surface area contributed by atoms with Crippen molar-refractivity contribution in [3.05, 3.63) is 53.6 Å². The molecule has 1 N–H and O–H groups in total. The monoisotopic (exact) mass is 297 g/mol. The summed E-state index contributed by atoms with van der Waals surface area (Å²) in [4.78, 5) is 6.10. The first-order chi connectivity index (χ1) is 10.2. The first-order valence-electron chi connectivity index (χ1n) is 6.53. The Kier molecular flexibility index (Phi) is 3.53. The molecule has 0 aliphatic heterocycles. The van der Waals surface area contributed by atoms with E-state index in [4.69, 9.17) is 12.2 Å². The summed E-state index contributed by atoms with van der Waals surface area (Å²) in [5.41, 5.74) is 3.03. The van der Waals surface area contributed by atoms with Crippen LogP contribution in [-0.2, 0) is 0 Å². The number of aromatic amines is 1. The van der Waals surface area contributed by atoms with E-state index in [-0.39, 0.29) is 0 Å². The minimum Gasteiger partial charge on any atom is -0.376 e. The Hall–Kier alpha value is -2.47. The SMILES string of the molecule is CN(C)c1ccccc1-n1c(-c2ccncc2)n[nH]c1=S. The third kappa shape index (κ3) is 2.45. The second-order valence-corrected chi connectivity index (χ2v) is 5.19. The van der Waals surface area contributed by atoms with E-state index in [1.807, 2.05) is 49.0 Å². The summed E-state index contributed by atoms with van der Waals surface area (Å²) in [6.45, 7) is 0. The molecular weight excluding hydrogens is 282 g/mol. The molecule has 0 saturated carbocycles. The van der Waals surface area contributed by atoms with Crippen LogP contribution in [0.2, 0.25) is 0 Å². The van der Waals surface area contributed by atoms with Gasteiger partial charge in [-0.2, -0.15) is 5.10 Å². The van der Waals surface area contributed by atoms with Gasteiger partial charge in [-0.25, -0.2) is 0 Å². The minimum atomic E-state index is 0.566. The Balaban J connectivity index is 2.26. The third-order valence-corrected chi connectivity index (χ3v) is 3.49. The fourth-order valence-corrected chi connectivity index (χ4v) is 2.48. The number of hydrogen-bond acceptors (Lipinski definition) is 4. The van der Waals surface area contributed by atoms with Gasteiger partial charge < -0.3 is 4.90 Å². The fourth-order valence-electron chi connectivity index (χ4n) is 2.25. The van der Waals surface area contributed by atoms with Gasteiger partial charge in [-0.3, -0.25) is 14.6 Å². The predicted molar refractivity (Wildman–Crippen MR) is 86.3 cm³/mol. The van der Waals surface area contributed by atoms with Crippen LogP contribution < -0.4 is 4.90 Å².